The van der Waals surface area contributed by atoms with Gasteiger partial charge in [0.05, 0.1) is 26.4 Å². The van der Waals surface area contributed by atoms with Crippen LogP contribution in [0.25, 0.3) is 0 Å². The summed E-state index contributed by atoms with van der Waals surface area (Å²) in [5, 5.41) is 14.8. The van der Waals surface area contributed by atoms with Crippen LogP contribution in [0.15, 0.2) is 12.2 Å². The Kier molecular flexibility index (Phi) is 15.9. The van der Waals surface area contributed by atoms with E-state index in [9.17, 15) is 0 Å². The first-order chi connectivity index (χ1) is 17.7. The molecule has 10 heteroatoms. The molecule has 5 saturated carbocycles. The second kappa shape index (κ2) is 16.3. The molecule has 0 radical (unpaired) electrons. The van der Waals surface area contributed by atoms with Crippen molar-refractivity contribution in [2.45, 2.75) is 85.2 Å². The van der Waals surface area contributed by atoms with Gasteiger partial charge in [-0.05, 0) is 42.9 Å². The van der Waals surface area contributed by atoms with Crippen LogP contribution in [0.4, 0.5) is 0 Å². The molecule has 0 unspecified atom stereocenters. The number of aliphatic carboxylic acids is 2. The van der Waals surface area contributed by atoms with Gasteiger partial charge >= 0.3 is 22.6 Å². The molecule has 2 aliphatic heterocycles. The fraction of sp³-hybridized carbons (Fsp3) is 0.786. The summed E-state index contributed by atoms with van der Waals surface area (Å²) in [5.41, 5.74) is 2.10. The summed E-state index contributed by atoms with van der Waals surface area (Å²) in [4.78, 5) is 18.0. The average molecular weight is 635 g/mol. The van der Waals surface area contributed by atoms with Gasteiger partial charge in [-0.1, -0.05) is 19.6 Å². The normalized spacial score (nSPS) is 30.6. The van der Waals surface area contributed by atoms with Crippen LogP contribution in [0.2, 0.25) is 0 Å². The first-order valence-corrected chi connectivity index (χ1v) is 13.5. The van der Waals surface area contributed by atoms with Gasteiger partial charge in [-0.2, -0.15) is 13.8 Å². The molecule has 7 aliphatic rings. The monoisotopic (exact) mass is 634 g/mol. The molecular weight excluding hydrogens is 587 g/mol. The van der Waals surface area contributed by atoms with Gasteiger partial charge in [0.15, 0.2) is 11.6 Å². The van der Waals surface area contributed by atoms with Crippen LogP contribution in [0.1, 0.15) is 73.6 Å². The maximum atomic E-state index is 9.00. The third-order valence-corrected chi connectivity index (χ3v) is 7.75. The van der Waals surface area contributed by atoms with E-state index in [-0.39, 0.29) is 19.0 Å². The van der Waals surface area contributed by atoms with Gasteiger partial charge in [-0.15, -0.1) is 0 Å². The molecule has 0 aromatic heterocycles. The molecule has 7 rings (SSSR count). The number of rotatable bonds is 0. The van der Waals surface area contributed by atoms with E-state index in [4.69, 9.17) is 42.2 Å². The van der Waals surface area contributed by atoms with Crippen molar-refractivity contribution in [3.8, 4) is 0 Å². The van der Waals surface area contributed by atoms with Gasteiger partial charge in [0.25, 0.3) is 11.9 Å². The zero-order chi connectivity index (χ0) is 28.4. The SMILES string of the molecule is C.C1COC2(CC[C@H]3[C@@H]2C32CC2)O1.C=C1[C@H]2CCC3(OCCO3)[C@@H]12.CC(=O)O.CC(=O)O.[CH2-]C.[CH2-]C.[O]=[Pd]. The summed E-state index contributed by atoms with van der Waals surface area (Å²) >= 11 is 1.50. The summed E-state index contributed by atoms with van der Waals surface area (Å²) < 4.78 is 31.0. The van der Waals surface area contributed by atoms with Crippen LogP contribution in [-0.4, -0.2) is 60.2 Å². The molecule has 38 heavy (non-hydrogen) atoms. The van der Waals surface area contributed by atoms with E-state index in [0.29, 0.717) is 5.92 Å². The van der Waals surface area contributed by atoms with Gasteiger partial charge in [-0.25, -0.2) is 0 Å². The van der Waals surface area contributed by atoms with Gasteiger partial charge in [-0.3, -0.25) is 9.59 Å². The van der Waals surface area contributed by atoms with Crippen molar-refractivity contribution in [2.24, 2.45) is 29.1 Å². The van der Waals surface area contributed by atoms with Crippen molar-refractivity contribution in [2.75, 3.05) is 26.4 Å². The topological polar surface area (TPSA) is 129 Å². The first kappa shape index (κ1) is 37.0. The summed E-state index contributed by atoms with van der Waals surface area (Å²) in [6, 6.07) is 0. The van der Waals surface area contributed by atoms with Crippen molar-refractivity contribution in [3.63, 3.8) is 0 Å². The second-order valence-electron chi connectivity index (χ2n) is 9.61. The Balaban J connectivity index is 0.000000488. The molecule has 0 amide bonds. The van der Waals surface area contributed by atoms with E-state index in [1.165, 1.54) is 56.8 Å². The molecule has 2 N–H and O–H groups in total. The van der Waals surface area contributed by atoms with Crippen molar-refractivity contribution in [1.82, 2.24) is 0 Å². The molecule has 226 valence electrons. The number of fused-ring (bicyclic) bond motifs is 6. The zero-order valence-corrected chi connectivity index (χ0v) is 24.1. The number of hydrogen-bond acceptors (Lipinski definition) is 7. The Morgan fingerprint density at radius 2 is 1.18 bits per heavy atom. The van der Waals surface area contributed by atoms with Gasteiger partial charge in [0.2, 0.25) is 0 Å². The minimum atomic E-state index is -0.833. The number of ether oxygens (including phenoxy) is 4. The Morgan fingerprint density at radius 3 is 1.50 bits per heavy atom. The fourth-order valence-electron chi connectivity index (χ4n) is 6.53. The van der Waals surface area contributed by atoms with Gasteiger partial charge < -0.3 is 43.0 Å². The molecule has 5 aliphatic carbocycles. The maximum absolute atomic E-state index is 9.00. The number of carbonyl (C=O) groups is 2. The molecule has 0 aromatic carbocycles. The standard InChI is InChI=1S/C10H14O2.C9H12O2.2C2H4O2.2C2H5.CH4.O.Pd/c1-2-10(11-5-6-12-10)8-7(1)9(8)3-4-9;1-6-7-2-3-9(8(6)7)10-4-5-11-9;2*1-2(3)4;2*1-2;;;/h7-8H,1-6H2;7-8H,1-5H2;2*1H3,(H,3,4);2*1H2,2H3;1H4;;/q;;;;2*-1;;;/t2*7-,8+;;;;;;;/m01......./s1. The van der Waals surface area contributed by atoms with Gasteiger partial charge in [0.1, 0.15) is 0 Å². The third-order valence-electron chi connectivity index (χ3n) is 7.75. The summed E-state index contributed by atoms with van der Waals surface area (Å²) in [6.07, 6.45) is 7.76. The Labute approximate surface area is 239 Å². The van der Waals surface area contributed by atoms with Crippen molar-refractivity contribution >= 4 is 11.9 Å². The summed E-state index contributed by atoms with van der Waals surface area (Å²) in [6.45, 7) is 19.4. The molecule has 2 heterocycles. The predicted molar refractivity (Wildman–Crippen MR) is 139 cm³/mol. The summed E-state index contributed by atoms with van der Waals surface area (Å²) in [7, 11) is 0. The average Bonchev–Trinajstić information content (AvgIpc) is 3.68. The van der Waals surface area contributed by atoms with E-state index in [2.05, 4.69) is 20.4 Å². The van der Waals surface area contributed by atoms with Crippen molar-refractivity contribution in [1.29, 1.82) is 0 Å². The fourth-order valence-corrected chi connectivity index (χ4v) is 6.53. The molecular formula is C28H48O9Pd-2. The Hall–Kier alpha value is -1.02. The molecule has 0 aromatic rings. The van der Waals surface area contributed by atoms with Gasteiger partial charge in [0, 0.05) is 38.5 Å². The number of hydrogen-bond donors (Lipinski definition) is 2. The minimum absolute atomic E-state index is 0. The Morgan fingerprint density at radius 1 is 0.816 bits per heavy atom. The zero-order valence-electron chi connectivity index (χ0n) is 22.6. The van der Waals surface area contributed by atoms with Crippen molar-refractivity contribution in [3.05, 3.63) is 26.0 Å². The summed E-state index contributed by atoms with van der Waals surface area (Å²) in [5.74, 6) is 1.10. The van der Waals surface area contributed by atoms with Crippen LogP contribution in [-0.2, 0) is 51.2 Å². The molecule has 9 nitrogen and oxygen atoms in total. The molecule has 3 spiro atoms. The number of carboxylic acid groups (broad SMARTS) is 2. The molecule has 0 bridgehead atoms. The number of carboxylic acids is 2. The first-order valence-electron chi connectivity index (χ1n) is 12.9. The Bertz CT molecular complexity index is 724. The van der Waals surface area contributed by atoms with E-state index < -0.39 is 11.9 Å². The molecule has 7 fully saturated rings. The molecule has 4 atom stereocenters. The predicted octanol–water partition coefficient (Wildman–Crippen LogP) is 5.25. The van der Waals surface area contributed by atoms with E-state index in [0.717, 1.165) is 69.9 Å². The third kappa shape index (κ3) is 8.25. The van der Waals surface area contributed by atoms with Crippen LogP contribution in [0.3, 0.4) is 0 Å². The molecule has 2 saturated heterocycles. The van der Waals surface area contributed by atoms with Crippen LogP contribution >= 0.6 is 0 Å². The quantitative estimate of drug-likeness (QED) is 0.208. The van der Waals surface area contributed by atoms with Crippen LogP contribution < -0.4 is 0 Å². The van der Waals surface area contributed by atoms with E-state index >= 15 is 0 Å². The van der Waals surface area contributed by atoms with E-state index in [1.54, 1.807) is 13.8 Å². The van der Waals surface area contributed by atoms with Crippen LogP contribution in [0.5, 0.6) is 0 Å². The van der Waals surface area contributed by atoms with E-state index in [1.807, 2.05) is 0 Å². The van der Waals surface area contributed by atoms with Crippen molar-refractivity contribution < 1.29 is 61.4 Å². The second-order valence-corrected chi connectivity index (χ2v) is 9.61. The van der Waals surface area contributed by atoms with Crippen LogP contribution in [0, 0.1) is 42.9 Å².